The molecule has 0 radical (unpaired) electrons. The third kappa shape index (κ3) is 3.25. The highest BCUT2D eigenvalue weighted by atomic mass is 79.9. The van der Waals surface area contributed by atoms with Crippen LogP contribution in [0.1, 0.15) is 0 Å². The zero-order chi connectivity index (χ0) is 13.9. The van der Waals surface area contributed by atoms with Gasteiger partial charge in [0.15, 0.2) is 0 Å². The quantitative estimate of drug-likeness (QED) is 0.589. The molecule has 0 saturated carbocycles. The summed E-state index contributed by atoms with van der Waals surface area (Å²) in [7, 11) is -3.61. The van der Waals surface area contributed by atoms with Crippen LogP contribution in [-0.2, 0) is 10.0 Å². The molecule has 2 rings (SSSR count). The summed E-state index contributed by atoms with van der Waals surface area (Å²) in [4.78, 5) is 0.169. The second kappa shape index (κ2) is 5.60. The number of benzene rings is 2. The summed E-state index contributed by atoms with van der Waals surface area (Å²) in [5, 5.41) is 0. The van der Waals surface area contributed by atoms with E-state index in [0.717, 1.165) is 0 Å². The second-order valence-corrected chi connectivity index (χ2v) is 6.29. The Morgan fingerprint density at radius 3 is 2.21 bits per heavy atom. The fourth-order valence-electron chi connectivity index (χ4n) is 1.48. The Labute approximate surface area is 120 Å². The number of halogens is 1. The lowest BCUT2D eigenvalue weighted by Crippen LogP contribution is -2.13. The van der Waals surface area contributed by atoms with Crippen LogP contribution in [0.3, 0.4) is 0 Å². The molecule has 0 aliphatic carbocycles. The Balaban J connectivity index is 2.30. The van der Waals surface area contributed by atoms with E-state index in [9.17, 15) is 8.42 Å². The van der Waals surface area contributed by atoms with E-state index in [0.29, 0.717) is 15.8 Å². The van der Waals surface area contributed by atoms with Crippen LogP contribution in [0.15, 0.2) is 57.9 Å². The number of nitrogens with two attached hydrogens (primary N) is 1. The topological polar surface area (TPSA) is 84.2 Å². The second-order valence-electron chi connectivity index (χ2n) is 3.75. The normalized spacial score (nSPS) is 11.1. The summed E-state index contributed by atoms with van der Waals surface area (Å²) in [5.41, 5.74) is 3.57. The third-order valence-electron chi connectivity index (χ3n) is 2.45. The number of para-hydroxylation sites is 1. The summed E-state index contributed by atoms with van der Waals surface area (Å²) in [6.07, 6.45) is 0. The van der Waals surface area contributed by atoms with E-state index in [1.807, 2.05) is 6.07 Å². The average Bonchev–Trinajstić information content (AvgIpc) is 2.41. The van der Waals surface area contributed by atoms with Crippen LogP contribution in [0.25, 0.3) is 0 Å². The van der Waals surface area contributed by atoms with Gasteiger partial charge < -0.3 is 5.43 Å². The SMILES string of the molecule is NNc1ccc(S(=O)(=O)Nc2ccccc2Br)cc1. The maximum Gasteiger partial charge on any atom is 0.261 e. The molecule has 0 fully saturated rings. The predicted octanol–water partition coefficient (Wildman–Crippen LogP) is 2.54. The highest BCUT2D eigenvalue weighted by Gasteiger charge is 2.15. The lowest BCUT2D eigenvalue weighted by molar-refractivity contribution is 0.601. The van der Waals surface area contributed by atoms with Gasteiger partial charge in [0.1, 0.15) is 0 Å². The van der Waals surface area contributed by atoms with E-state index in [-0.39, 0.29) is 4.90 Å². The summed E-state index contributed by atoms with van der Waals surface area (Å²) in [6.45, 7) is 0. The molecule has 100 valence electrons. The van der Waals surface area contributed by atoms with E-state index in [2.05, 4.69) is 26.1 Å². The van der Waals surface area contributed by atoms with Crippen LogP contribution in [-0.4, -0.2) is 8.42 Å². The van der Waals surface area contributed by atoms with Crippen LogP contribution >= 0.6 is 15.9 Å². The van der Waals surface area contributed by atoms with Gasteiger partial charge in [-0.15, -0.1) is 0 Å². The number of hydrogen-bond donors (Lipinski definition) is 3. The molecule has 5 nitrogen and oxygen atoms in total. The minimum Gasteiger partial charge on any atom is -0.324 e. The number of hydrazine groups is 1. The van der Waals surface area contributed by atoms with E-state index in [1.165, 1.54) is 12.1 Å². The van der Waals surface area contributed by atoms with Crippen molar-refractivity contribution in [2.24, 2.45) is 5.84 Å². The Bertz CT molecular complexity index is 672. The number of anilines is 2. The molecule has 0 unspecified atom stereocenters. The molecule has 7 heteroatoms. The third-order valence-corrected chi connectivity index (χ3v) is 4.52. The molecular weight excluding hydrogens is 330 g/mol. The number of rotatable bonds is 4. The Kier molecular flexibility index (Phi) is 4.08. The molecule has 0 bridgehead atoms. The van der Waals surface area contributed by atoms with Gasteiger partial charge in [0, 0.05) is 10.2 Å². The smallest absolute Gasteiger partial charge is 0.261 e. The highest BCUT2D eigenvalue weighted by molar-refractivity contribution is 9.10. The van der Waals surface area contributed by atoms with Crippen LogP contribution < -0.4 is 16.0 Å². The van der Waals surface area contributed by atoms with Crippen LogP contribution in [0.4, 0.5) is 11.4 Å². The minimum absolute atomic E-state index is 0.169. The standard InChI is InChI=1S/C12H12BrN3O2S/c13-11-3-1-2-4-12(11)16-19(17,18)10-7-5-9(15-14)6-8-10/h1-8,15-16H,14H2. The molecule has 2 aromatic carbocycles. The Morgan fingerprint density at radius 1 is 1.00 bits per heavy atom. The number of sulfonamides is 1. The van der Waals surface area contributed by atoms with Gasteiger partial charge in [0.05, 0.1) is 10.6 Å². The van der Waals surface area contributed by atoms with Crippen molar-refractivity contribution in [3.8, 4) is 0 Å². The molecule has 4 N–H and O–H groups in total. The van der Waals surface area contributed by atoms with E-state index in [4.69, 9.17) is 5.84 Å². The number of nitrogens with one attached hydrogen (secondary N) is 2. The highest BCUT2D eigenvalue weighted by Crippen LogP contribution is 2.24. The predicted molar refractivity (Wildman–Crippen MR) is 79.2 cm³/mol. The summed E-state index contributed by atoms with van der Waals surface area (Å²) < 4.78 is 27.5. The molecule has 0 aliphatic rings. The zero-order valence-corrected chi connectivity index (χ0v) is 12.2. The summed E-state index contributed by atoms with van der Waals surface area (Å²) in [5.74, 6) is 5.23. The first-order chi connectivity index (χ1) is 9.03. The van der Waals surface area contributed by atoms with Crippen LogP contribution in [0, 0.1) is 0 Å². The van der Waals surface area contributed by atoms with Crippen molar-refractivity contribution < 1.29 is 8.42 Å². The van der Waals surface area contributed by atoms with Crippen molar-refractivity contribution in [2.75, 3.05) is 10.1 Å². The first-order valence-electron chi connectivity index (χ1n) is 5.37. The van der Waals surface area contributed by atoms with Crippen LogP contribution in [0.5, 0.6) is 0 Å². The van der Waals surface area contributed by atoms with Gasteiger partial charge >= 0.3 is 0 Å². The summed E-state index contributed by atoms with van der Waals surface area (Å²) >= 11 is 3.29. The molecular formula is C12H12BrN3O2S. The van der Waals surface area contributed by atoms with Crippen molar-refractivity contribution in [1.29, 1.82) is 0 Å². The van der Waals surface area contributed by atoms with Gasteiger partial charge in [-0.2, -0.15) is 0 Å². The lowest BCUT2D eigenvalue weighted by Gasteiger charge is -2.10. The molecule has 0 amide bonds. The number of nitrogen functional groups attached to an aromatic ring is 1. The largest absolute Gasteiger partial charge is 0.324 e. The Morgan fingerprint density at radius 2 is 1.63 bits per heavy atom. The fourth-order valence-corrected chi connectivity index (χ4v) is 3.07. The van der Waals surface area contributed by atoms with Crippen molar-refractivity contribution in [2.45, 2.75) is 4.90 Å². The van der Waals surface area contributed by atoms with E-state index >= 15 is 0 Å². The van der Waals surface area contributed by atoms with Gasteiger partial charge in [0.2, 0.25) is 0 Å². The van der Waals surface area contributed by atoms with E-state index in [1.54, 1.807) is 30.3 Å². The molecule has 2 aromatic rings. The van der Waals surface area contributed by atoms with Crippen molar-refractivity contribution in [1.82, 2.24) is 0 Å². The van der Waals surface area contributed by atoms with Crippen LogP contribution in [0.2, 0.25) is 0 Å². The first-order valence-corrected chi connectivity index (χ1v) is 7.64. The van der Waals surface area contributed by atoms with E-state index < -0.39 is 10.0 Å². The zero-order valence-electron chi connectivity index (χ0n) is 9.80. The van der Waals surface area contributed by atoms with Gasteiger partial charge in [0.25, 0.3) is 10.0 Å². The van der Waals surface area contributed by atoms with Crippen molar-refractivity contribution in [3.63, 3.8) is 0 Å². The monoisotopic (exact) mass is 341 g/mol. The molecule has 0 spiro atoms. The molecule has 0 aliphatic heterocycles. The maximum atomic E-state index is 12.2. The molecule has 19 heavy (non-hydrogen) atoms. The fraction of sp³-hybridized carbons (Fsp3) is 0. The average molecular weight is 342 g/mol. The molecule has 0 atom stereocenters. The Hall–Kier alpha value is -1.57. The van der Waals surface area contributed by atoms with Gasteiger partial charge in [-0.3, -0.25) is 10.6 Å². The van der Waals surface area contributed by atoms with Gasteiger partial charge in [-0.25, -0.2) is 8.42 Å². The minimum atomic E-state index is -3.61. The maximum absolute atomic E-state index is 12.2. The molecule has 0 aromatic heterocycles. The van der Waals surface area contributed by atoms with Crippen molar-refractivity contribution >= 4 is 37.3 Å². The van der Waals surface area contributed by atoms with Crippen molar-refractivity contribution in [3.05, 3.63) is 53.0 Å². The number of hydrogen-bond acceptors (Lipinski definition) is 4. The molecule has 0 heterocycles. The first kappa shape index (κ1) is 13.9. The summed E-state index contributed by atoms with van der Waals surface area (Å²) in [6, 6.07) is 13.1. The van der Waals surface area contributed by atoms with Gasteiger partial charge in [-0.05, 0) is 52.3 Å². The molecule has 0 saturated heterocycles. The lowest BCUT2D eigenvalue weighted by atomic mass is 10.3. The van der Waals surface area contributed by atoms with Gasteiger partial charge in [-0.1, -0.05) is 12.1 Å².